The number of carboxylic acids is 1. The van der Waals surface area contributed by atoms with E-state index in [2.05, 4.69) is 0 Å². The van der Waals surface area contributed by atoms with Crippen LogP contribution in [0.15, 0.2) is 12.2 Å². The van der Waals surface area contributed by atoms with Gasteiger partial charge in [-0.1, -0.05) is 32.9 Å². The lowest BCUT2D eigenvalue weighted by molar-refractivity contribution is -0.182. The fraction of sp³-hybridized carbons (Fsp3) is 0.692. The maximum atomic E-state index is 11.9. The Bertz CT molecular complexity index is 385. The molecule has 4 atom stereocenters. The monoisotopic (exact) mass is 238 g/mol. The second kappa shape index (κ2) is 3.86. The highest BCUT2D eigenvalue weighted by Gasteiger charge is 2.51. The first-order valence-corrected chi connectivity index (χ1v) is 5.98. The molecule has 0 aromatic rings. The van der Waals surface area contributed by atoms with Crippen LogP contribution in [-0.2, 0) is 14.3 Å². The molecule has 0 saturated carbocycles. The number of carboxylic acid groups (broad SMARTS) is 1. The van der Waals surface area contributed by atoms with Crippen molar-refractivity contribution in [2.75, 3.05) is 0 Å². The van der Waals surface area contributed by atoms with E-state index in [1.807, 2.05) is 26.8 Å². The van der Waals surface area contributed by atoms with Crippen LogP contribution in [0.1, 0.15) is 27.2 Å². The SMILES string of the molecule is CC(C)[C@H]1OC(=O)[C@H]2C[C@]1(C)C=C[C@H]2C(=O)O. The van der Waals surface area contributed by atoms with Gasteiger partial charge in [-0.15, -0.1) is 0 Å². The summed E-state index contributed by atoms with van der Waals surface area (Å²) in [4.78, 5) is 22.9. The molecule has 1 aliphatic carbocycles. The molecule has 2 aliphatic rings. The minimum atomic E-state index is -0.951. The zero-order valence-corrected chi connectivity index (χ0v) is 10.3. The van der Waals surface area contributed by atoms with Gasteiger partial charge in [0.1, 0.15) is 6.10 Å². The Balaban J connectivity index is 2.36. The maximum Gasteiger partial charge on any atom is 0.311 e. The van der Waals surface area contributed by atoms with E-state index in [4.69, 9.17) is 9.84 Å². The summed E-state index contributed by atoms with van der Waals surface area (Å²) in [7, 11) is 0. The Kier molecular flexibility index (Phi) is 2.76. The summed E-state index contributed by atoms with van der Waals surface area (Å²) in [6.07, 6.45) is 3.99. The van der Waals surface area contributed by atoms with Crippen molar-refractivity contribution < 1.29 is 19.4 Å². The molecule has 0 unspecified atom stereocenters. The number of hydrogen-bond donors (Lipinski definition) is 1. The summed E-state index contributed by atoms with van der Waals surface area (Å²) in [5.74, 6) is -2.34. The first-order valence-electron chi connectivity index (χ1n) is 5.98. The third-order valence-corrected chi connectivity index (χ3v) is 3.86. The molecule has 4 heteroatoms. The average Bonchev–Trinajstić information content (AvgIpc) is 2.22. The minimum absolute atomic E-state index is 0.155. The second-order valence-electron chi connectivity index (χ2n) is 5.64. The molecule has 0 aromatic heterocycles. The summed E-state index contributed by atoms with van der Waals surface area (Å²) in [6, 6.07) is 0. The second-order valence-corrected chi connectivity index (χ2v) is 5.64. The molecule has 1 N–H and O–H groups in total. The van der Waals surface area contributed by atoms with Gasteiger partial charge < -0.3 is 9.84 Å². The molecule has 1 fully saturated rings. The molecule has 0 amide bonds. The standard InChI is InChI=1S/C13H18O4/c1-7(2)10-13(3)5-4-8(11(14)15)9(6-13)12(16)17-10/h4-5,7-10H,6H2,1-3H3,(H,14,15)/t8-,9+,10-,13+/m1/s1. The van der Waals surface area contributed by atoms with Crippen molar-refractivity contribution in [3.8, 4) is 0 Å². The lowest BCUT2D eigenvalue weighted by Crippen LogP contribution is -2.51. The van der Waals surface area contributed by atoms with Gasteiger partial charge in [0.15, 0.2) is 0 Å². The van der Waals surface area contributed by atoms with Gasteiger partial charge in [-0.2, -0.15) is 0 Å². The molecule has 2 rings (SSSR count). The lowest BCUT2D eigenvalue weighted by atomic mass is 9.64. The quantitative estimate of drug-likeness (QED) is 0.589. The van der Waals surface area contributed by atoms with E-state index in [0.29, 0.717) is 6.42 Å². The van der Waals surface area contributed by atoms with Gasteiger partial charge in [-0.05, 0) is 12.3 Å². The number of hydrogen-bond acceptors (Lipinski definition) is 3. The Labute approximate surface area is 101 Å². The molecule has 1 saturated heterocycles. The molecule has 0 spiro atoms. The predicted molar refractivity (Wildman–Crippen MR) is 61.2 cm³/mol. The van der Waals surface area contributed by atoms with E-state index < -0.39 is 17.8 Å². The van der Waals surface area contributed by atoms with Crippen molar-refractivity contribution in [1.29, 1.82) is 0 Å². The van der Waals surface area contributed by atoms with Crippen LogP contribution in [0.2, 0.25) is 0 Å². The first kappa shape index (κ1) is 12.1. The van der Waals surface area contributed by atoms with E-state index in [0.717, 1.165) is 0 Å². The predicted octanol–water partition coefficient (Wildman–Crippen LogP) is 1.85. The number of ether oxygens (including phenoxy) is 1. The molecule has 0 radical (unpaired) electrons. The Hall–Kier alpha value is -1.32. The number of cyclic esters (lactones) is 1. The van der Waals surface area contributed by atoms with Crippen molar-refractivity contribution in [3.63, 3.8) is 0 Å². The van der Waals surface area contributed by atoms with E-state index in [1.54, 1.807) is 6.08 Å². The summed E-state index contributed by atoms with van der Waals surface area (Å²) in [5.41, 5.74) is -0.224. The molecular weight excluding hydrogens is 220 g/mol. The van der Waals surface area contributed by atoms with Crippen molar-refractivity contribution in [2.45, 2.75) is 33.3 Å². The molecule has 2 bridgehead atoms. The molecule has 0 aromatic carbocycles. The number of carbonyl (C=O) groups excluding carboxylic acids is 1. The summed E-state index contributed by atoms with van der Waals surface area (Å²) >= 11 is 0. The highest BCUT2D eigenvalue weighted by Crippen LogP contribution is 2.47. The van der Waals surface area contributed by atoms with Crippen LogP contribution in [0, 0.1) is 23.2 Å². The summed E-state index contributed by atoms with van der Waals surface area (Å²) < 4.78 is 5.44. The van der Waals surface area contributed by atoms with E-state index >= 15 is 0 Å². The number of esters is 1. The van der Waals surface area contributed by atoms with Crippen molar-refractivity contribution in [1.82, 2.24) is 0 Å². The number of aliphatic carboxylic acids is 1. The fourth-order valence-corrected chi connectivity index (χ4v) is 3.07. The van der Waals surface area contributed by atoms with E-state index in [9.17, 15) is 9.59 Å². The van der Waals surface area contributed by atoms with E-state index in [1.165, 1.54) is 0 Å². The molecule has 1 heterocycles. The van der Waals surface area contributed by atoms with Crippen LogP contribution >= 0.6 is 0 Å². The van der Waals surface area contributed by atoms with Crippen molar-refractivity contribution in [3.05, 3.63) is 12.2 Å². The topological polar surface area (TPSA) is 63.6 Å². The average molecular weight is 238 g/mol. The smallest absolute Gasteiger partial charge is 0.311 e. The number of carbonyl (C=O) groups is 2. The lowest BCUT2D eigenvalue weighted by Gasteiger charge is -2.47. The molecule has 1 aliphatic heterocycles. The van der Waals surface area contributed by atoms with Crippen LogP contribution in [-0.4, -0.2) is 23.1 Å². The Morgan fingerprint density at radius 3 is 2.76 bits per heavy atom. The Morgan fingerprint density at radius 2 is 2.24 bits per heavy atom. The number of fused-ring (bicyclic) bond motifs is 2. The third-order valence-electron chi connectivity index (χ3n) is 3.86. The van der Waals surface area contributed by atoms with Gasteiger partial charge in [-0.25, -0.2) is 0 Å². The van der Waals surface area contributed by atoms with Crippen LogP contribution in [0.4, 0.5) is 0 Å². The van der Waals surface area contributed by atoms with Gasteiger partial charge in [0.2, 0.25) is 0 Å². The molecule has 94 valence electrons. The third kappa shape index (κ3) is 1.85. The molecule has 4 nitrogen and oxygen atoms in total. The highest BCUT2D eigenvalue weighted by atomic mass is 16.5. The zero-order chi connectivity index (χ0) is 12.8. The summed E-state index contributed by atoms with van der Waals surface area (Å²) in [5, 5.41) is 9.07. The molecular formula is C13H18O4. The normalized spacial score (nSPS) is 40.2. The highest BCUT2D eigenvalue weighted by molar-refractivity contribution is 5.84. The van der Waals surface area contributed by atoms with Crippen LogP contribution in [0.25, 0.3) is 0 Å². The fourth-order valence-electron chi connectivity index (χ4n) is 3.07. The van der Waals surface area contributed by atoms with E-state index in [-0.39, 0.29) is 23.4 Å². The van der Waals surface area contributed by atoms with Gasteiger partial charge >= 0.3 is 11.9 Å². The van der Waals surface area contributed by atoms with Gasteiger partial charge in [0.25, 0.3) is 0 Å². The van der Waals surface area contributed by atoms with Gasteiger partial charge in [-0.3, -0.25) is 9.59 Å². The van der Waals surface area contributed by atoms with Gasteiger partial charge in [0.05, 0.1) is 11.8 Å². The van der Waals surface area contributed by atoms with Crippen molar-refractivity contribution >= 4 is 11.9 Å². The van der Waals surface area contributed by atoms with Crippen molar-refractivity contribution in [2.24, 2.45) is 23.2 Å². The van der Waals surface area contributed by atoms with Crippen LogP contribution in [0.5, 0.6) is 0 Å². The summed E-state index contributed by atoms with van der Waals surface area (Å²) in [6.45, 7) is 6.06. The largest absolute Gasteiger partial charge is 0.481 e. The Morgan fingerprint density at radius 1 is 1.59 bits per heavy atom. The zero-order valence-electron chi connectivity index (χ0n) is 10.3. The van der Waals surface area contributed by atoms with Gasteiger partial charge in [0, 0.05) is 5.41 Å². The van der Waals surface area contributed by atoms with Crippen LogP contribution < -0.4 is 0 Å². The first-order chi connectivity index (χ1) is 7.85. The number of rotatable bonds is 2. The molecule has 17 heavy (non-hydrogen) atoms. The van der Waals surface area contributed by atoms with Crippen LogP contribution in [0.3, 0.4) is 0 Å². The minimum Gasteiger partial charge on any atom is -0.481 e. The maximum absolute atomic E-state index is 11.9.